The number of nitrogens with one attached hydrogen (secondary N) is 1. The minimum Gasteiger partial charge on any atom is -0.378 e. The Hall–Kier alpha value is -4.31. The fourth-order valence-electron chi connectivity index (χ4n) is 3.98. The van der Waals surface area contributed by atoms with E-state index >= 15 is 0 Å². The fourth-order valence-corrected chi connectivity index (χ4v) is 3.98. The Morgan fingerprint density at radius 1 is 0.939 bits per heavy atom. The minimum atomic E-state index is -0.182. The zero-order chi connectivity index (χ0) is 22.2. The number of ether oxygens (including phenoxy) is 1. The van der Waals surface area contributed by atoms with Crippen molar-refractivity contribution >= 4 is 11.5 Å². The molecular formula is C23H20N8O2. The summed E-state index contributed by atoms with van der Waals surface area (Å²) < 4.78 is 8.85. The Kier molecular flexibility index (Phi) is 4.69. The van der Waals surface area contributed by atoms with Crippen molar-refractivity contribution in [2.45, 2.75) is 0 Å². The summed E-state index contributed by atoms with van der Waals surface area (Å²) in [5.41, 5.74) is 4.21. The Morgan fingerprint density at radius 3 is 2.58 bits per heavy atom. The van der Waals surface area contributed by atoms with Crippen LogP contribution in [-0.2, 0) is 4.74 Å². The first kappa shape index (κ1) is 19.4. The monoisotopic (exact) mass is 440 g/mol. The molecule has 1 aliphatic rings. The van der Waals surface area contributed by atoms with Crippen molar-refractivity contribution in [1.82, 2.24) is 34.3 Å². The summed E-state index contributed by atoms with van der Waals surface area (Å²) in [6.45, 7) is 2.78. The Labute approximate surface area is 188 Å². The number of hydrogen-bond donors (Lipinski definition) is 1. The van der Waals surface area contributed by atoms with Gasteiger partial charge in [0.15, 0.2) is 5.65 Å². The van der Waals surface area contributed by atoms with E-state index in [9.17, 15) is 4.79 Å². The third-order valence-corrected chi connectivity index (χ3v) is 5.62. The van der Waals surface area contributed by atoms with Crippen LogP contribution in [0.1, 0.15) is 0 Å². The molecule has 0 atom stereocenters. The third-order valence-electron chi connectivity index (χ3n) is 5.62. The highest BCUT2D eigenvalue weighted by molar-refractivity contribution is 5.69. The lowest BCUT2D eigenvalue weighted by atomic mass is 10.2. The Bertz CT molecular complexity index is 1470. The summed E-state index contributed by atoms with van der Waals surface area (Å²) in [6.07, 6.45) is 6.79. The van der Waals surface area contributed by atoms with Crippen LogP contribution in [0.4, 0.5) is 5.82 Å². The average molecular weight is 440 g/mol. The second-order valence-corrected chi connectivity index (χ2v) is 7.69. The molecule has 33 heavy (non-hydrogen) atoms. The molecule has 1 fully saturated rings. The molecule has 0 aliphatic carbocycles. The molecule has 0 radical (unpaired) electrons. The molecule has 0 bridgehead atoms. The lowest BCUT2D eigenvalue weighted by Crippen LogP contribution is -2.37. The van der Waals surface area contributed by atoms with E-state index in [1.165, 1.54) is 4.68 Å². The normalized spacial score (nSPS) is 14.1. The molecular weight excluding hydrogens is 420 g/mol. The van der Waals surface area contributed by atoms with Gasteiger partial charge in [-0.2, -0.15) is 9.61 Å². The van der Waals surface area contributed by atoms with Crippen LogP contribution in [0.3, 0.4) is 0 Å². The van der Waals surface area contributed by atoms with Crippen LogP contribution < -0.4 is 10.5 Å². The van der Waals surface area contributed by atoms with Crippen molar-refractivity contribution < 1.29 is 4.74 Å². The van der Waals surface area contributed by atoms with E-state index in [0.717, 1.165) is 30.2 Å². The van der Waals surface area contributed by atoms with E-state index in [-0.39, 0.29) is 5.56 Å². The lowest BCUT2D eigenvalue weighted by molar-refractivity contribution is 0.122. The van der Waals surface area contributed by atoms with Gasteiger partial charge in [0, 0.05) is 55.4 Å². The number of H-pyrrole nitrogens is 1. The van der Waals surface area contributed by atoms with Gasteiger partial charge in [0.05, 0.1) is 42.2 Å². The van der Waals surface area contributed by atoms with Crippen LogP contribution in [0, 0.1) is 0 Å². The van der Waals surface area contributed by atoms with Gasteiger partial charge < -0.3 is 9.64 Å². The van der Waals surface area contributed by atoms with Crippen molar-refractivity contribution in [1.29, 1.82) is 0 Å². The third kappa shape index (κ3) is 3.56. The maximum atomic E-state index is 12.7. The second-order valence-electron chi connectivity index (χ2n) is 7.69. The number of morpholine rings is 1. The summed E-state index contributed by atoms with van der Waals surface area (Å²) in [4.78, 5) is 27.9. The molecule has 5 aromatic rings. The van der Waals surface area contributed by atoms with Crippen molar-refractivity contribution in [3.63, 3.8) is 0 Å². The van der Waals surface area contributed by atoms with Crippen LogP contribution in [0.15, 0.2) is 72.0 Å². The van der Waals surface area contributed by atoms with Gasteiger partial charge in [-0.3, -0.25) is 19.9 Å². The van der Waals surface area contributed by atoms with E-state index in [1.54, 1.807) is 36.9 Å². The van der Waals surface area contributed by atoms with Gasteiger partial charge in [-0.25, -0.2) is 9.67 Å². The first-order valence-corrected chi connectivity index (χ1v) is 10.6. The van der Waals surface area contributed by atoms with Gasteiger partial charge in [-0.05, 0) is 24.3 Å². The molecule has 5 aromatic heterocycles. The summed E-state index contributed by atoms with van der Waals surface area (Å²) in [6, 6.07) is 12.9. The van der Waals surface area contributed by atoms with Crippen LogP contribution >= 0.6 is 0 Å². The van der Waals surface area contributed by atoms with E-state index in [2.05, 4.69) is 20.0 Å². The maximum absolute atomic E-state index is 12.7. The molecule has 164 valence electrons. The topological polar surface area (TPSA) is 106 Å². The zero-order valence-electron chi connectivity index (χ0n) is 17.6. The van der Waals surface area contributed by atoms with Gasteiger partial charge >= 0.3 is 0 Å². The Morgan fingerprint density at radius 2 is 1.79 bits per heavy atom. The second kappa shape index (κ2) is 7.99. The Balaban J connectivity index is 1.51. The van der Waals surface area contributed by atoms with Gasteiger partial charge in [-0.15, -0.1) is 0 Å². The molecule has 10 heteroatoms. The first-order valence-electron chi connectivity index (χ1n) is 10.6. The summed E-state index contributed by atoms with van der Waals surface area (Å²) in [5.74, 6) is 0.897. The molecule has 10 nitrogen and oxygen atoms in total. The highest BCUT2D eigenvalue weighted by Crippen LogP contribution is 2.27. The average Bonchev–Trinajstić information content (AvgIpc) is 3.49. The predicted octanol–water partition coefficient (Wildman–Crippen LogP) is 2.17. The zero-order valence-corrected chi connectivity index (χ0v) is 17.6. The predicted molar refractivity (Wildman–Crippen MR) is 122 cm³/mol. The molecule has 1 aliphatic heterocycles. The highest BCUT2D eigenvalue weighted by Gasteiger charge is 2.20. The smallest absolute Gasteiger partial charge is 0.271 e. The largest absolute Gasteiger partial charge is 0.378 e. The molecule has 0 saturated carbocycles. The molecule has 1 saturated heterocycles. The van der Waals surface area contributed by atoms with Crippen molar-refractivity contribution in [3.05, 3.63) is 77.6 Å². The molecule has 0 aromatic carbocycles. The number of rotatable bonds is 4. The maximum Gasteiger partial charge on any atom is 0.271 e. The quantitative estimate of drug-likeness (QED) is 0.456. The molecule has 0 spiro atoms. The number of aromatic amines is 1. The standard InChI is InChI=1S/C23H20N8O2/c32-23-14-20(28-30(23)17-2-1-5-25-15-17)19-13-22(29-8-10-33-11-9-29)31-21(26-19)12-18(27-31)16-3-6-24-7-4-16/h1-7,12-15,28H,8-11H2. The fraction of sp³-hybridized carbons (Fsp3) is 0.174. The minimum absolute atomic E-state index is 0.182. The molecule has 6 heterocycles. The number of aromatic nitrogens is 7. The van der Waals surface area contributed by atoms with Crippen LogP contribution in [0.5, 0.6) is 0 Å². The van der Waals surface area contributed by atoms with E-state index < -0.39 is 0 Å². The number of hydrogen-bond acceptors (Lipinski definition) is 7. The summed E-state index contributed by atoms with van der Waals surface area (Å²) in [5, 5.41) is 7.99. The number of nitrogens with zero attached hydrogens (tertiary/aromatic N) is 7. The lowest BCUT2D eigenvalue weighted by Gasteiger charge is -2.29. The van der Waals surface area contributed by atoms with Crippen LogP contribution in [-0.4, -0.2) is 60.6 Å². The van der Waals surface area contributed by atoms with E-state index in [0.29, 0.717) is 35.9 Å². The summed E-state index contributed by atoms with van der Waals surface area (Å²) in [7, 11) is 0. The van der Waals surface area contributed by atoms with Crippen LogP contribution in [0.25, 0.3) is 34.0 Å². The van der Waals surface area contributed by atoms with Gasteiger partial charge in [-0.1, -0.05) is 0 Å². The van der Waals surface area contributed by atoms with Gasteiger partial charge in [0.25, 0.3) is 5.56 Å². The highest BCUT2D eigenvalue weighted by atomic mass is 16.5. The van der Waals surface area contributed by atoms with Crippen molar-refractivity contribution in [2.75, 3.05) is 31.2 Å². The van der Waals surface area contributed by atoms with Crippen molar-refractivity contribution in [2.24, 2.45) is 0 Å². The SMILES string of the molecule is O=c1cc(-c2cc(N3CCOCC3)n3nc(-c4ccncc4)cc3n2)[nH]n1-c1cccnc1. The molecule has 1 N–H and O–H groups in total. The van der Waals surface area contributed by atoms with E-state index in [4.69, 9.17) is 14.8 Å². The van der Waals surface area contributed by atoms with Crippen LogP contribution in [0.2, 0.25) is 0 Å². The summed E-state index contributed by atoms with van der Waals surface area (Å²) >= 11 is 0. The molecule has 0 amide bonds. The first-order chi connectivity index (χ1) is 16.3. The number of fused-ring (bicyclic) bond motifs is 1. The molecule has 0 unspecified atom stereocenters. The van der Waals surface area contributed by atoms with E-state index in [1.807, 2.05) is 34.8 Å². The van der Waals surface area contributed by atoms with Gasteiger partial charge in [0.1, 0.15) is 5.82 Å². The number of anilines is 1. The van der Waals surface area contributed by atoms with Crippen molar-refractivity contribution in [3.8, 4) is 28.3 Å². The number of pyridine rings is 2. The molecule has 6 rings (SSSR count). The van der Waals surface area contributed by atoms with Gasteiger partial charge in [0.2, 0.25) is 0 Å².